The Morgan fingerprint density at radius 3 is 2.69 bits per heavy atom. The fourth-order valence-corrected chi connectivity index (χ4v) is 1.90. The van der Waals surface area contributed by atoms with Crippen LogP contribution in [0.4, 0.5) is 0 Å². The number of hydrogen-bond donors (Lipinski definition) is 1. The van der Waals surface area contributed by atoms with Gasteiger partial charge in [0.25, 0.3) is 0 Å². The number of rotatable bonds is 8. The topological polar surface area (TPSA) is 38.0 Å². The Morgan fingerprint density at radius 1 is 1.31 bits per heavy atom. The predicted molar refractivity (Wildman–Crippen MR) is 66.3 cm³/mol. The molecule has 0 bridgehead atoms. The van der Waals surface area contributed by atoms with Gasteiger partial charge in [-0.05, 0) is 12.5 Å². The van der Waals surface area contributed by atoms with Gasteiger partial charge in [-0.3, -0.25) is 4.68 Å². The van der Waals surface area contributed by atoms with Crippen molar-refractivity contribution in [3.8, 4) is 0 Å². The maximum atomic E-state index is 9.82. The third kappa shape index (κ3) is 5.31. The monoisotopic (exact) mass is 224 g/mol. The van der Waals surface area contributed by atoms with Gasteiger partial charge in [0.1, 0.15) is 0 Å². The van der Waals surface area contributed by atoms with Gasteiger partial charge in [0.05, 0.1) is 11.8 Å². The summed E-state index contributed by atoms with van der Waals surface area (Å²) in [5.74, 6) is 0. The van der Waals surface area contributed by atoms with E-state index in [0.29, 0.717) is 6.42 Å². The van der Waals surface area contributed by atoms with Crippen LogP contribution < -0.4 is 0 Å². The zero-order valence-electron chi connectivity index (χ0n) is 10.5. The third-order valence-electron chi connectivity index (χ3n) is 2.85. The van der Waals surface area contributed by atoms with Gasteiger partial charge < -0.3 is 5.11 Å². The van der Waals surface area contributed by atoms with Crippen LogP contribution in [-0.4, -0.2) is 21.0 Å². The van der Waals surface area contributed by atoms with Crippen molar-refractivity contribution in [1.29, 1.82) is 0 Å². The smallest absolute Gasteiger partial charge is 0.0650 e. The van der Waals surface area contributed by atoms with Gasteiger partial charge in [0.2, 0.25) is 0 Å². The molecule has 0 saturated carbocycles. The van der Waals surface area contributed by atoms with Crippen molar-refractivity contribution in [3.63, 3.8) is 0 Å². The van der Waals surface area contributed by atoms with E-state index in [2.05, 4.69) is 12.0 Å². The van der Waals surface area contributed by atoms with Crippen molar-refractivity contribution < 1.29 is 5.11 Å². The molecule has 0 spiro atoms. The van der Waals surface area contributed by atoms with E-state index < -0.39 is 0 Å². The lowest BCUT2D eigenvalue weighted by atomic mass is 10.1. The standard InChI is InChI=1S/C13H24N2O/c1-3-4-5-6-7-8-13(16)11-12-9-10-15(2)14-12/h9-10,13,16H,3-8,11H2,1-2H3. The molecule has 16 heavy (non-hydrogen) atoms. The summed E-state index contributed by atoms with van der Waals surface area (Å²) in [7, 11) is 1.90. The van der Waals surface area contributed by atoms with Gasteiger partial charge in [0.15, 0.2) is 0 Å². The quantitative estimate of drug-likeness (QED) is 0.689. The summed E-state index contributed by atoms with van der Waals surface area (Å²) in [6.45, 7) is 2.22. The minimum atomic E-state index is -0.225. The Balaban J connectivity index is 2.09. The summed E-state index contributed by atoms with van der Waals surface area (Å²) in [5.41, 5.74) is 0.989. The molecule has 1 aromatic rings. The van der Waals surface area contributed by atoms with Crippen LogP contribution in [-0.2, 0) is 13.5 Å². The Kier molecular flexibility index (Phi) is 6.16. The predicted octanol–water partition coefficient (Wildman–Crippen LogP) is 2.68. The van der Waals surface area contributed by atoms with Gasteiger partial charge in [-0.2, -0.15) is 5.10 Å². The first-order valence-electron chi connectivity index (χ1n) is 6.39. The first-order chi connectivity index (χ1) is 7.72. The molecule has 3 nitrogen and oxygen atoms in total. The molecule has 1 atom stereocenters. The molecule has 1 N–H and O–H groups in total. The van der Waals surface area contributed by atoms with E-state index in [1.165, 1.54) is 25.7 Å². The molecule has 1 heterocycles. The largest absolute Gasteiger partial charge is 0.393 e. The van der Waals surface area contributed by atoms with E-state index in [1.54, 1.807) is 4.68 Å². The second-order valence-corrected chi connectivity index (χ2v) is 4.54. The fourth-order valence-electron chi connectivity index (χ4n) is 1.90. The Morgan fingerprint density at radius 2 is 2.06 bits per heavy atom. The summed E-state index contributed by atoms with van der Waals surface area (Å²) in [5, 5.41) is 14.1. The molecule has 0 amide bonds. The zero-order valence-corrected chi connectivity index (χ0v) is 10.5. The molecule has 0 aromatic carbocycles. The Bertz CT molecular complexity index is 283. The van der Waals surface area contributed by atoms with E-state index in [4.69, 9.17) is 0 Å². The number of aliphatic hydroxyl groups is 1. The summed E-state index contributed by atoms with van der Waals surface area (Å²) >= 11 is 0. The van der Waals surface area contributed by atoms with E-state index in [-0.39, 0.29) is 6.10 Å². The highest BCUT2D eigenvalue weighted by Gasteiger charge is 2.07. The van der Waals surface area contributed by atoms with Crippen LogP contribution in [0.3, 0.4) is 0 Å². The normalized spacial score (nSPS) is 12.9. The minimum Gasteiger partial charge on any atom is -0.393 e. The van der Waals surface area contributed by atoms with E-state index in [1.807, 2.05) is 19.3 Å². The number of hydrogen-bond acceptors (Lipinski definition) is 2. The maximum absolute atomic E-state index is 9.82. The molecule has 0 saturated heterocycles. The zero-order chi connectivity index (χ0) is 11.8. The van der Waals surface area contributed by atoms with E-state index in [9.17, 15) is 5.11 Å². The van der Waals surface area contributed by atoms with Crippen LogP contribution in [0.15, 0.2) is 12.3 Å². The van der Waals surface area contributed by atoms with Crippen LogP contribution in [0.2, 0.25) is 0 Å². The maximum Gasteiger partial charge on any atom is 0.0650 e. The number of aromatic nitrogens is 2. The molecular weight excluding hydrogens is 200 g/mol. The van der Waals surface area contributed by atoms with Crippen molar-refractivity contribution in [2.24, 2.45) is 7.05 Å². The lowest BCUT2D eigenvalue weighted by Gasteiger charge is -2.08. The van der Waals surface area contributed by atoms with Gasteiger partial charge >= 0.3 is 0 Å². The van der Waals surface area contributed by atoms with Crippen LogP contribution in [0, 0.1) is 0 Å². The van der Waals surface area contributed by atoms with Gasteiger partial charge in [-0.1, -0.05) is 39.0 Å². The molecule has 1 aromatic heterocycles. The molecule has 0 radical (unpaired) electrons. The van der Waals surface area contributed by atoms with Crippen molar-refractivity contribution in [2.75, 3.05) is 0 Å². The minimum absolute atomic E-state index is 0.225. The average molecular weight is 224 g/mol. The summed E-state index contributed by atoms with van der Waals surface area (Å²) < 4.78 is 1.78. The molecular formula is C13H24N2O. The molecule has 1 rings (SSSR count). The average Bonchev–Trinajstić information content (AvgIpc) is 2.63. The first-order valence-corrected chi connectivity index (χ1v) is 6.39. The second kappa shape index (κ2) is 7.44. The Labute approximate surface area is 98.5 Å². The number of unbranched alkanes of at least 4 members (excludes halogenated alkanes) is 4. The van der Waals surface area contributed by atoms with Crippen molar-refractivity contribution in [3.05, 3.63) is 18.0 Å². The van der Waals surface area contributed by atoms with Crippen LogP contribution in [0.1, 0.15) is 51.1 Å². The second-order valence-electron chi connectivity index (χ2n) is 4.54. The summed E-state index contributed by atoms with van der Waals surface area (Å²) in [6.07, 6.45) is 9.55. The van der Waals surface area contributed by atoms with Crippen molar-refractivity contribution >= 4 is 0 Å². The summed E-state index contributed by atoms with van der Waals surface area (Å²) in [4.78, 5) is 0. The highest BCUT2D eigenvalue weighted by Crippen LogP contribution is 2.10. The van der Waals surface area contributed by atoms with Crippen molar-refractivity contribution in [2.45, 2.75) is 58.0 Å². The van der Waals surface area contributed by atoms with Gasteiger partial charge in [-0.15, -0.1) is 0 Å². The fraction of sp³-hybridized carbons (Fsp3) is 0.769. The molecule has 92 valence electrons. The molecule has 0 aliphatic carbocycles. The van der Waals surface area contributed by atoms with Crippen LogP contribution in [0.25, 0.3) is 0 Å². The molecule has 3 heteroatoms. The highest BCUT2D eigenvalue weighted by atomic mass is 16.3. The number of aryl methyl sites for hydroxylation is 1. The molecule has 0 aliphatic rings. The van der Waals surface area contributed by atoms with Crippen molar-refractivity contribution in [1.82, 2.24) is 9.78 Å². The third-order valence-corrected chi connectivity index (χ3v) is 2.85. The summed E-state index contributed by atoms with van der Waals surface area (Å²) in [6, 6.07) is 1.97. The SMILES string of the molecule is CCCCCCCC(O)Cc1ccn(C)n1. The van der Waals surface area contributed by atoms with E-state index in [0.717, 1.165) is 18.5 Å². The van der Waals surface area contributed by atoms with E-state index >= 15 is 0 Å². The van der Waals surface area contributed by atoms with Gasteiger partial charge in [-0.25, -0.2) is 0 Å². The molecule has 0 fully saturated rings. The van der Waals surface area contributed by atoms with Gasteiger partial charge in [0, 0.05) is 19.7 Å². The lowest BCUT2D eigenvalue weighted by Crippen LogP contribution is -2.10. The first kappa shape index (κ1) is 13.2. The van der Waals surface area contributed by atoms with Crippen LogP contribution >= 0.6 is 0 Å². The molecule has 1 unspecified atom stereocenters. The Hall–Kier alpha value is -0.830. The molecule has 0 aliphatic heterocycles. The lowest BCUT2D eigenvalue weighted by molar-refractivity contribution is 0.159. The number of nitrogens with zero attached hydrogens (tertiary/aromatic N) is 2. The number of aliphatic hydroxyl groups excluding tert-OH is 1. The van der Waals surface area contributed by atoms with Crippen LogP contribution in [0.5, 0.6) is 0 Å². The highest BCUT2D eigenvalue weighted by molar-refractivity contribution is 4.99.